The van der Waals surface area contributed by atoms with E-state index in [1.807, 2.05) is 70.2 Å². The van der Waals surface area contributed by atoms with E-state index in [0.717, 1.165) is 42.4 Å². The molecule has 2 aromatic rings. The summed E-state index contributed by atoms with van der Waals surface area (Å²) >= 11 is 0. The first-order chi connectivity index (χ1) is 17.5. The van der Waals surface area contributed by atoms with Crippen LogP contribution in [-0.4, -0.2) is 42.0 Å². The van der Waals surface area contributed by atoms with Crippen LogP contribution >= 0.6 is 0 Å². The van der Waals surface area contributed by atoms with E-state index in [9.17, 15) is 9.59 Å². The summed E-state index contributed by atoms with van der Waals surface area (Å²) in [5, 5.41) is 3.22. The van der Waals surface area contributed by atoms with Crippen LogP contribution in [0.1, 0.15) is 76.0 Å². The maximum Gasteiger partial charge on any atom is 0.243 e. The van der Waals surface area contributed by atoms with Gasteiger partial charge in [-0.05, 0) is 75.3 Å². The van der Waals surface area contributed by atoms with Gasteiger partial charge in [0.15, 0.2) is 11.5 Å². The first-order valence-corrected chi connectivity index (χ1v) is 13.5. The van der Waals surface area contributed by atoms with E-state index in [4.69, 9.17) is 9.47 Å². The zero-order valence-corrected chi connectivity index (χ0v) is 22.3. The van der Waals surface area contributed by atoms with Crippen molar-refractivity contribution in [3.05, 3.63) is 59.2 Å². The number of benzene rings is 2. The molecule has 6 nitrogen and oxygen atoms in total. The number of hydrogen-bond donors (Lipinski definition) is 1. The highest BCUT2D eigenvalue weighted by Crippen LogP contribution is 2.29. The van der Waals surface area contributed by atoms with Gasteiger partial charge >= 0.3 is 0 Å². The third-order valence-corrected chi connectivity index (χ3v) is 6.92. The third kappa shape index (κ3) is 7.49. The maximum atomic E-state index is 13.6. The van der Waals surface area contributed by atoms with Crippen molar-refractivity contribution in [1.82, 2.24) is 10.2 Å². The van der Waals surface area contributed by atoms with Gasteiger partial charge in [0.2, 0.25) is 11.8 Å². The fourth-order valence-corrected chi connectivity index (χ4v) is 4.90. The second-order valence-electron chi connectivity index (χ2n) is 9.51. The summed E-state index contributed by atoms with van der Waals surface area (Å²) in [6, 6.07) is 13.7. The molecule has 0 spiro atoms. The van der Waals surface area contributed by atoms with Crippen molar-refractivity contribution in [1.29, 1.82) is 0 Å². The lowest BCUT2D eigenvalue weighted by atomic mass is 10.0. The predicted octanol–water partition coefficient (Wildman–Crippen LogP) is 5.59. The summed E-state index contributed by atoms with van der Waals surface area (Å²) in [5.41, 5.74) is 3.20. The first-order valence-electron chi connectivity index (χ1n) is 13.5. The Bertz CT molecular complexity index is 1000. The second-order valence-corrected chi connectivity index (χ2v) is 9.51. The predicted molar refractivity (Wildman–Crippen MR) is 143 cm³/mol. The van der Waals surface area contributed by atoms with Crippen LogP contribution in [0.5, 0.6) is 11.5 Å². The van der Waals surface area contributed by atoms with E-state index in [-0.39, 0.29) is 17.9 Å². The summed E-state index contributed by atoms with van der Waals surface area (Å²) in [5.74, 6) is 1.36. The average Bonchev–Trinajstić information content (AvgIpc) is 3.38. The summed E-state index contributed by atoms with van der Waals surface area (Å²) in [4.78, 5) is 28.7. The molecule has 0 aromatic heterocycles. The van der Waals surface area contributed by atoms with Crippen molar-refractivity contribution in [2.24, 2.45) is 0 Å². The second kappa shape index (κ2) is 13.9. The van der Waals surface area contributed by atoms with E-state index in [1.54, 1.807) is 4.90 Å². The summed E-state index contributed by atoms with van der Waals surface area (Å²) < 4.78 is 11.4. The Labute approximate surface area is 216 Å². The van der Waals surface area contributed by atoms with Crippen LogP contribution in [-0.2, 0) is 22.6 Å². The minimum atomic E-state index is -0.489. The van der Waals surface area contributed by atoms with Crippen molar-refractivity contribution in [2.45, 2.75) is 91.3 Å². The minimum Gasteiger partial charge on any atom is -0.490 e. The summed E-state index contributed by atoms with van der Waals surface area (Å²) in [6.45, 7) is 9.45. The Kier molecular flexibility index (Phi) is 10.6. The van der Waals surface area contributed by atoms with Gasteiger partial charge in [0.05, 0.1) is 13.2 Å². The number of amides is 2. The van der Waals surface area contributed by atoms with Crippen LogP contribution in [0.4, 0.5) is 0 Å². The van der Waals surface area contributed by atoms with Gasteiger partial charge in [-0.1, -0.05) is 50.1 Å². The van der Waals surface area contributed by atoms with Gasteiger partial charge in [0, 0.05) is 19.0 Å². The van der Waals surface area contributed by atoms with Crippen molar-refractivity contribution >= 4 is 11.8 Å². The molecule has 1 atom stereocenters. The molecule has 36 heavy (non-hydrogen) atoms. The van der Waals surface area contributed by atoms with E-state index >= 15 is 0 Å². The normalized spacial score (nSPS) is 14.3. The Hall–Kier alpha value is -3.02. The number of nitrogens with zero attached hydrogens (tertiary/aromatic N) is 1. The van der Waals surface area contributed by atoms with Crippen LogP contribution in [0.3, 0.4) is 0 Å². The van der Waals surface area contributed by atoms with Gasteiger partial charge in [-0.25, -0.2) is 0 Å². The molecule has 1 N–H and O–H groups in total. The zero-order valence-electron chi connectivity index (χ0n) is 22.3. The van der Waals surface area contributed by atoms with Crippen LogP contribution in [0.15, 0.2) is 42.5 Å². The van der Waals surface area contributed by atoms with E-state index in [0.29, 0.717) is 50.5 Å². The first kappa shape index (κ1) is 27.6. The van der Waals surface area contributed by atoms with Crippen molar-refractivity contribution < 1.29 is 19.1 Å². The van der Waals surface area contributed by atoms with Crippen molar-refractivity contribution in [2.75, 3.05) is 13.2 Å². The van der Waals surface area contributed by atoms with Gasteiger partial charge in [-0.3, -0.25) is 9.59 Å². The molecular formula is C30H42N2O4. The van der Waals surface area contributed by atoms with Gasteiger partial charge in [-0.2, -0.15) is 0 Å². The molecule has 3 rings (SSSR count). The van der Waals surface area contributed by atoms with Crippen LogP contribution < -0.4 is 14.8 Å². The Balaban J connectivity index is 1.77. The molecule has 2 aromatic carbocycles. The minimum absolute atomic E-state index is 0.0153. The molecule has 1 fully saturated rings. The number of carbonyl (C=O) groups excluding carboxylic acids is 2. The Morgan fingerprint density at radius 2 is 1.69 bits per heavy atom. The quantitative estimate of drug-likeness (QED) is 0.394. The maximum absolute atomic E-state index is 13.6. The fraction of sp³-hybridized carbons (Fsp3) is 0.533. The Morgan fingerprint density at radius 3 is 2.36 bits per heavy atom. The zero-order chi connectivity index (χ0) is 25.9. The molecule has 1 aliphatic rings. The molecule has 196 valence electrons. The van der Waals surface area contributed by atoms with Crippen LogP contribution in [0, 0.1) is 6.92 Å². The molecule has 1 saturated carbocycles. The molecule has 0 radical (unpaired) electrons. The number of carbonyl (C=O) groups is 2. The Morgan fingerprint density at radius 1 is 1.00 bits per heavy atom. The fourth-order valence-electron chi connectivity index (χ4n) is 4.90. The van der Waals surface area contributed by atoms with E-state index in [2.05, 4.69) is 5.32 Å². The molecule has 0 heterocycles. The average molecular weight is 495 g/mol. The highest BCUT2D eigenvalue weighted by molar-refractivity contribution is 5.88. The molecule has 0 aliphatic heterocycles. The summed E-state index contributed by atoms with van der Waals surface area (Å²) in [7, 11) is 0. The standard InChI is InChI=1S/C30H42N2O4/c1-5-26(30(34)31-25-14-10-11-15-25)32(21-24-13-9-8-12-22(24)4)29(33)19-17-23-16-18-27(35-6-2)28(20-23)36-7-3/h8-9,12-13,16,18,20,25-26H,5-7,10-11,14-15,17,19,21H2,1-4H3,(H,31,34)/t26-/m0/s1. The highest BCUT2D eigenvalue weighted by Gasteiger charge is 2.30. The number of nitrogens with one attached hydrogen (secondary N) is 1. The highest BCUT2D eigenvalue weighted by atomic mass is 16.5. The van der Waals surface area contributed by atoms with Gasteiger partial charge < -0.3 is 19.7 Å². The van der Waals surface area contributed by atoms with Crippen LogP contribution in [0.2, 0.25) is 0 Å². The number of aryl methyl sites for hydroxylation is 2. The molecular weight excluding hydrogens is 452 g/mol. The number of hydrogen-bond acceptors (Lipinski definition) is 4. The number of rotatable bonds is 13. The molecule has 2 amide bonds. The molecule has 6 heteroatoms. The largest absolute Gasteiger partial charge is 0.490 e. The lowest BCUT2D eigenvalue weighted by Crippen LogP contribution is -2.51. The van der Waals surface area contributed by atoms with Crippen molar-refractivity contribution in [3.8, 4) is 11.5 Å². The van der Waals surface area contributed by atoms with E-state index in [1.165, 1.54) is 0 Å². The van der Waals surface area contributed by atoms with Crippen molar-refractivity contribution in [3.63, 3.8) is 0 Å². The van der Waals surface area contributed by atoms with Gasteiger partial charge in [0.1, 0.15) is 6.04 Å². The third-order valence-electron chi connectivity index (χ3n) is 6.92. The lowest BCUT2D eigenvalue weighted by molar-refractivity contribution is -0.141. The summed E-state index contributed by atoms with van der Waals surface area (Å²) in [6.07, 6.45) is 5.81. The number of ether oxygens (including phenoxy) is 2. The van der Waals surface area contributed by atoms with Crippen LogP contribution in [0.25, 0.3) is 0 Å². The van der Waals surface area contributed by atoms with Gasteiger partial charge in [0.25, 0.3) is 0 Å². The molecule has 0 saturated heterocycles. The molecule has 1 aliphatic carbocycles. The smallest absolute Gasteiger partial charge is 0.243 e. The van der Waals surface area contributed by atoms with E-state index < -0.39 is 6.04 Å². The monoisotopic (exact) mass is 494 g/mol. The lowest BCUT2D eigenvalue weighted by Gasteiger charge is -2.32. The molecule has 0 bridgehead atoms. The molecule has 0 unspecified atom stereocenters. The SMILES string of the molecule is CCOc1ccc(CCC(=O)N(Cc2ccccc2C)[C@@H](CC)C(=O)NC2CCCC2)cc1OCC. The van der Waals surface area contributed by atoms with Gasteiger partial charge in [-0.15, -0.1) is 0 Å². The topological polar surface area (TPSA) is 67.9 Å².